The first-order valence-corrected chi connectivity index (χ1v) is 9.03. The molecule has 4 rings (SSSR count). The Kier molecular flexibility index (Phi) is 4.73. The number of fused-ring (bicyclic) bond motifs is 1. The topological polar surface area (TPSA) is 83.1 Å². The van der Waals surface area contributed by atoms with Crippen LogP contribution in [0.4, 0.5) is 9.18 Å². The summed E-state index contributed by atoms with van der Waals surface area (Å²) < 4.78 is 19.1. The van der Waals surface area contributed by atoms with Gasteiger partial charge in [-0.1, -0.05) is 6.07 Å². The number of likely N-dealkylation sites (tertiary alicyclic amines) is 1. The van der Waals surface area contributed by atoms with Crippen molar-refractivity contribution in [2.75, 3.05) is 19.7 Å². The molecule has 0 spiro atoms. The number of urea groups is 1. The summed E-state index contributed by atoms with van der Waals surface area (Å²) in [6.07, 6.45) is 4.83. The lowest BCUT2D eigenvalue weighted by Gasteiger charge is -2.32. The summed E-state index contributed by atoms with van der Waals surface area (Å²) in [7, 11) is 0. The third-order valence-electron chi connectivity index (χ3n) is 5.15. The number of aromatic nitrogens is 3. The highest BCUT2D eigenvalue weighted by molar-refractivity contribution is 5.75. The number of hydrogen-bond donors (Lipinski definition) is 2. The van der Waals surface area contributed by atoms with Crippen LogP contribution in [0, 0.1) is 5.82 Å². The van der Waals surface area contributed by atoms with Crippen molar-refractivity contribution in [2.45, 2.75) is 37.6 Å². The SMILES string of the molecule is O=C(NC1CCCOc2cc(F)ccc21)N1CCC(c2ncn[nH]2)CC1. The molecule has 0 radical (unpaired) electrons. The maximum absolute atomic E-state index is 13.5. The molecular weight excluding hydrogens is 337 g/mol. The molecule has 1 aromatic carbocycles. The molecule has 1 atom stereocenters. The minimum absolute atomic E-state index is 0.0804. The van der Waals surface area contributed by atoms with E-state index in [1.165, 1.54) is 18.5 Å². The molecule has 0 saturated carbocycles. The molecule has 2 amide bonds. The second kappa shape index (κ2) is 7.31. The average molecular weight is 359 g/mol. The largest absolute Gasteiger partial charge is 0.493 e. The maximum atomic E-state index is 13.5. The lowest BCUT2D eigenvalue weighted by atomic mass is 9.96. The van der Waals surface area contributed by atoms with Crippen molar-refractivity contribution in [2.24, 2.45) is 0 Å². The number of nitrogens with zero attached hydrogens (tertiary/aromatic N) is 3. The zero-order valence-electron chi connectivity index (χ0n) is 14.4. The van der Waals surface area contributed by atoms with Crippen molar-refractivity contribution in [3.63, 3.8) is 0 Å². The number of carbonyl (C=O) groups excluding carboxylic acids is 1. The second-order valence-electron chi connectivity index (χ2n) is 6.81. The van der Waals surface area contributed by atoms with Crippen LogP contribution < -0.4 is 10.1 Å². The van der Waals surface area contributed by atoms with E-state index in [9.17, 15) is 9.18 Å². The fourth-order valence-electron chi connectivity index (χ4n) is 3.70. The van der Waals surface area contributed by atoms with E-state index < -0.39 is 0 Å². The van der Waals surface area contributed by atoms with Gasteiger partial charge in [0.15, 0.2) is 0 Å². The second-order valence-corrected chi connectivity index (χ2v) is 6.81. The molecule has 1 saturated heterocycles. The van der Waals surface area contributed by atoms with Crippen LogP contribution in [0.1, 0.15) is 49.0 Å². The van der Waals surface area contributed by atoms with Gasteiger partial charge >= 0.3 is 6.03 Å². The Morgan fingerprint density at radius 2 is 2.15 bits per heavy atom. The van der Waals surface area contributed by atoms with E-state index in [4.69, 9.17) is 4.74 Å². The number of halogens is 1. The van der Waals surface area contributed by atoms with Gasteiger partial charge in [-0.2, -0.15) is 5.10 Å². The average Bonchev–Trinajstić information content (AvgIpc) is 3.12. The van der Waals surface area contributed by atoms with Crippen molar-refractivity contribution in [3.05, 3.63) is 41.7 Å². The third-order valence-corrected chi connectivity index (χ3v) is 5.15. The van der Waals surface area contributed by atoms with Gasteiger partial charge in [0.2, 0.25) is 0 Å². The molecule has 1 fully saturated rings. The lowest BCUT2D eigenvalue weighted by molar-refractivity contribution is 0.176. The molecule has 3 heterocycles. The minimum Gasteiger partial charge on any atom is -0.493 e. The molecule has 0 aliphatic carbocycles. The summed E-state index contributed by atoms with van der Waals surface area (Å²) in [6, 6.07) is 4.27. The van der Waals surface area contributed by atoms with Gasteiger partial charge in [-0.05, 0) is 31.7 Å². The fourth-order valence-corrected chi connectivity index (χ4v) is 3.70. The molecule has 2 aliphatic heterocycles. The maximum Gasteiger partial charge on any atom is 0.317 e. The Hall–Kier alpha value is -2.64. The number of aromatic amines is 1. The fraction of sp³-hybridized carbons (Fsp3) is 0.500. The number of piperidine rings is 1. The van der Waals surface area contributed by atoms with Gasteiger partial charge in [-0.15, -0.1) is 0 Å². The molecule has 2 N–H and O–H groups in total. The molecule has 0 bridgehead atoms. The van der Waals surface area contributed by atoms with Gasteiger partial charge in [0.1, 0.15) is 23.7 Å². The van der Waals surface area contributed by atoms with E-state index in [0.29, 0.717) is 31.4 Å². The van der Waals surface area contributed by atoms with Crippen LogP contribution in [0.5, 0.6) is 5.75 Å². The molecule has 26 heavy (non-hydrogen) atoms. The zero-order valence-corrected chi connectivity index (χ0v) is 14.4. The number of amides is 2. The molecule has 1 aromatic heterocycles. The Morgan fingerprint density at radius 1 is 1.31 bits per heavy atom. The molecule has 2 aliphatic rings. The van der Waals surface area contributed by atoms with Crippen LogP contribution >= 0.6 is 0 Å². The Balaban J connectivity index is 1.39. The monoisotopic (exact) mass is 359 g/mol. The van der Waals surface area contributed by atoms with Crippen molar-refractivity contribution >= 4 is 6.03 Å². The number of nitrogens with one attached hydrogen (secondary N) is 2. The summed E-state index contributed by atoms with van der Waals surface area (Å²) in [5.41, 5.74) is 0.841. The standard InChI is InChI=1S/C18H22FN5O2/c19-13-3-4-14-15(2-1-9-26-16(14)10-13)22-18(25)24-7-5-12(6-8-24)17-20-11-21-23-17/h3-4,10-12,15H,1-2,5-9H2,(H,22,25)(H,20,21,23). The number of H-pyrrole nitrogens is 1. The Labute approximate surface area is 150 Å². The minimum atomic E-state index is -0.329. The van der Waals surface area contributed by atoms with E-state index in [1.807, 2.05) is 4.90 Å². The van der Waals surface area contributed by atoms with E-state index in [-0.39, 0.29) is 17.9 Å². The van der Waals surface area contributed by atoms with Crippen LogP contribution in [0.25, 0.3) is 0 Å². The molecular formula is C18H22FN5O2. The number of ether oxygens (including phenoxy) is 1. The molecule has 7 nitrogen and oxygen atoms in total. The summed E-state index contributed by atoms with van der Waals surface area (Å²) in [6.45, 7) is 1.89. The van der Waals surface area contributed by atoms with Gasteiger partial charge in [0, 0.05) is 30.6 Å². The van der Waals surface area contributed by atoms with Crippen LogP contribution in [0.3, 0.4) is 0 Å². The van der Waals surface area contributed by atoms with Gasteiger partial charge in [-0.3, -0.25) is 5.10 Å². The van der Waals surface area contributed by atoms with Crippen molar-refractivity contribution < 1.29 is 13.9 Å². The highest BCUT2D eigenvalue weighted by Crippen LogP contribution is 2.32. The predicted octanol–water partition coefficient (Wildman–Crippen LogP) is 2.75. The number of benzene rings is 1. The summed E-state index contributed by atoms with van der Waals surface area (Å²) in [4.78, 5) is 18.8. The van der Waals surface area contributed by atoms with E-state index in [2.05, 4.69) is 20.5 Å². The van der Waals surface area contributed by atoms with E-state index in [0.717, 1.165) is 37.1 Å². The number of carbonyl (C=O) groups is 1. The summed E-state index contributed by atoms with van der Waals surface area (Å²) >= 11 is 0. The highest BCUT2D eigenvalue weighted by Gasteiger charge is 2.28. The third kappa shape index (κ3) is 3.49. The quantitative estimate of drug-likeness (QED) is 0.864. The van der Waals surface area contributed by atoms with Crippen molar-refractivity contribution in [1.29, 1.82) is 0 Å². The summed E-state index contributed by atoms with van der Waals surface area (Å²) in [5.74, 6) is 1.40. The van der Waals surface area contributed by atoms with Crippen LogP contribution in [0.15, 0.2) is 24.5 Å². The normalized spacial score (nSPS) is 20.8. The van der Waals surface area contributed by atoms with Crippen molar-refractivity contribution in [1.82, 2.24) is 25.4 Å². The summed E-state index contributed by atoms with van der Waals surface area (Å²) in [5, 5.41) is 9.91. The Bertz CT molecular complexity index is 759. The zero-order chi connectivity index (χ0) is 17.9. The van der Waals surface area contributed by atoms with Crippen molar-refractivity contribution in [3.8, 4) is 5.75 Å². The molecule has 8 heteroatoms. The van der Waals surface area contributed by atoms with E-state index in [1.54, 1.807) is 6.07 Å². The first-order chi connectivity index (χ1) is 12.7. The molecule has 138 valence electrons. The molecule has 1 unspecified atom stereocenters. The lowest BCUT2D eigenvalue weighted by Crippen LogP contribution is -2.45. The van der Waals surface area contributed by atoms with Crippen LogP contribution in [-0.4, -0.2) is 45.8 Å². The first kappa shape index (κ1) is 16.8. The number of rotatable bonds is 2. The first-order valence-electron chi connectivity index (χ1n) is 9.03. The van der Waals surface area contributed by atoms with E-state index >= 15 is 0 Å². The van der Waals surface area contributed by atoms with Gasteiger partial charge < -0.3 is 15.0 Å². The van der Waals surface area contributed by atoms with Crippen LogP contribution in [0.2, 0.25) is 0 Å². The predicted molar refractivity (Wildman–Crippen MR) is 92.3 cm³/mol. The molecule has 2 aromatic rings. The smallest absolute Gasteiger partial charge is 0.317 e. The highest BCUT2D eigenvalue weighted by atomic mass is 19.1. The van der Waals surface area contributed by atoms with Gasteiger partial charge in [-0.25, -0.2) is 14.2 Å². The Morgan fingerprint density at radius 3 is 2.92 bits per heavy atom. The van der Waals surface area contributed by atoms with Gasteiger partial charge in [0.25, 0.3) is 0 Å². The van der Waals surface area contributed by atoms with Crippen LogP contribution in [-0.2, 0) is 0 Å². The van der Waals surface area contributed by atoms with Gasteiger partial charge in [0.05, 0.1) is 12.6 Å². The number of hydrogen-bond acceptors (Lipinski definition) is 4.